The molecule has 0 saturated carbocycles. The van der Waals surface area contributed by atoms with Crippen LogP contribution in [0.15, 0.2) is 41.4 Å². The van der Waals surface area contributed by atoms with Crippen LogP contribution in [-0.4, -0.2) is 37.9 Å². The van der Waals surface area contributed by atoms with Gasteiger partial charge in [-0.05, 0) is 29.5 Å². The first-order chi connectivity index (χ1) is 13.5. The summed E-state index contributed by atoms with van der Waals surface area (Å²) in [5.74, 6) is 0.130. The van der Waals surface area contributed by atoms with Gasteiger partial charge in [0.15, 0.2) is 0 Å². The van der Waals surface area contributed by atoms with E-state index in [-0.39, 0.29) is 16.6 Å². The molecule has 1 atom stereocenters. The molecule has 0 aliphatic carbocycles. The molecular formula is C20H22ClN3O4. The smallest absolute Gasteiger partial charge is 0.263 e. The third-order valence-corrected chi connectivity index (χ3v) is 5.25. The van der Waals surface area contributed by atoms with Crippen LogP contribution < -0.4 is 14.7 Å². The summed E-state index contributed by atoms with van der Waals surface area (Å²) < 4.78 is 5.52. The van der Waals surface area contributed by atoms with Crippen LogP contribution in [0.1, 0.15) is 30.0 Å². The van der Waals surface area contributed by atoms with Gasteiger partial charge in [0.25, 0.3) is 5.69 Å². The van der Waals surface area contributed by atoms with Gasteiger partial charge in [0.1, 0.15) is 11.8 Å². The Labute approximate surface area is 168 Å². The van der Waals surface area contributed by atoms with E-state index >= 15 is 0 Å². The number of methoxy groups -OCH3 is 1. The number of nitro groups is 1. The second kappa shape index (κ2) is 9.03. The van der Waals surface area contributed by atoms with Crippen molar-refractivity contribution in [2.45, 2.75) is 18.9 Å². The van der Waals surface area contributed by atoms with E-state index in [1.54, 1.807) is 7.11 Å². The summed E-state index contributed by atoms with van der Waals surface area (Å²) in [5, 5.41) is 23.4. The Hall–Kier alpha value is -2.64. The fraction of sp³-hybridized carbons (Fsp3) is 0.350. The van der Waals surface area contributed by atoms with Crippen molar-refractivity contribution >= 4 is 23.5 Å². The molecule has 7 nitrogen and oxygen atoms in total. The van der Waals surface area contributed by atoms with Gasteiger partial charge in [-0.15, -0.1) is 0 Å². The predicted molar refractivity (Wildman–Crippen MR) is 106 cm³/mol. The number of ether oxygens (including phenoxy) is 1. The molecule has 1 heterocycles. The van der Waals surface area contributed by atoms with E-state index in [4.69, 9.17) is 16.3 Å². The van der Waals surface area contributed by atoms with Crippen molar-refractivity contribution in [1.82, 2.24) is 0 Å². The number of aliphatic imine (C=N–C) groups is 1. The lowest BCUT2D eigenvalue weighted by atomic mass is 10.0. The molecule has 0 amide bonds. The van der Waals surface area contributed by atoms with Crippen LogP contribution in [0.25, 0.3) is 0 Å². The Morgan fingerprint density at radius 2 is 2.04 bits per heavy atom. The summed E-state index contributed by atoms with van der Waals surface area (Å²) in [4.78, 5) is 16.2. The zero-order chi connectivity index (χ0) is 20.1. The highest BCUT2D eigenvalue weighted by molar-refractivity contribution is 6.31. The van der Waals surface area contributed by atoms with Crippen molar-refractivity contribution in [3.8, 4) is 11.5 Å². The lowest BCUT2D eigenvalue weighted by molar-refractivity contribution is -0.918. The fourth-order valence-corrected chi connectivity index (χ4v) is 3.89. The fourth-order valence-electron chi connectivity index (χ4n) is 3.67. The van der Waals surface area contributed by atoms with Crippen LogP contribution in [0.4, 0.5) is 5.69 Å². The SMILES string of the molecule is COc1ccccc1[C@@H](CN=Cc1cc(Cl)cc([N+](=O)[O-])c1[O-])[NH+]1CCCC1. The van der Waals surface area contributed by atoms with Crippen molar-refractivity contribution in [2.75, 3.05) is 26.7 Å². The quantitative estimate of drug-likeness (QED) is 0.435. The number of nitro benzene ring substituents is 1. The molecule has 1 aliphatic rings. The molecule has 0 unspecified atom stereocenters. The number of quaternary nitrogens is 1. The van der Waals surface area contributed by atoms with Crippen molar-refractivity contribution < 1.29 is 19.7 Å². The summed E-state index contributed by atoms with van der Waals surface area (Å²) in [6.07, 6.45) is 3.71. The van der Waals surface area contributed by atoms with Gasteiger partial charge in [0.2, 0.25) is 0 Å². The molecule has 2 aromatic carbocycles. The van der Waals surface area contributed by atoms with Gasteiger partial charge in [0, 0.05) is 30.1 Å². The van der Waals surface area contributed by atoms with E-state index in [1.165, 1.54) is 17.2 Å². The van der Waals surface area contributed by atoms with E-state index in [0.717, 1.165) is 43.3 Å². The van der Waals surface area contributed by atoms with Gasteiger partial charge in [-0.3, -0.25) is 15.1 Å². The summed E-state index contributed by atoms with van der Waals surface area (Å²) in [6, 6.07) is 10.4. The summed E-state index contributed by atoms with van der Waals surface area (Å²) in [5.41, 5.74) is 0.647. The molecular weight excluding hydrogens is 382 g/mol. The largest absolute Gasteiger partial charge is 0.867 e. The van der Waals surface area contributed by atoms with E-state index in [1.807, 2.05) is 24.3 Å². The number of nitrogens with one attached hydrogen (secondary N) is 1. The highest BCUT2D eigenvalue weighted by Crippen LogP contribution is 2.30. The Bertz CT molecular complexity index is 882. The first-order valence-corrected chi connectivity index (χ1v) is 9.51. The maximum absolute atomic E-state index is 12.2. The van der Waals surface area contributed by atoms with Gasteiger partial charge in [-0.1, -0.05) is 23.7 Å². The van der Waals surface area contributed by atoms with Crippen molar-refractivity contribution in [3.05, 3.63) is 62.7 Å². The van der Waals surface area contributed by atoms with E-state index in [9.17, 15) is 15.2 Å². The van der Waals surface area contributed by atoms with Crippen LogP contribution in [0.5, 0.6) is 11.5 Å². The highest BCUT2D eigenvalue weighted by Gasteiger charge is 2.29. The number of para-hydroxylation sites is 1. The number of benzene rings is 2. The Morgan fingerprint density at radius 1 is 1.32 bits per heavy atom. The number of hydrogen-bond acceptors (Lipinski definition) is 5. The number of likely N-dealkylation sites (tertiary alicyclic amines) is 1. The van der Waals surface area contributed by atoms with E-state index < -0.39 is 16.4 Å². The molecule has 0 aromatic heterocycles. The van der Waals surface area contributed by atoms with Gasteiger partial charge in [0.05, 0.1) is 37.2 Å². The van der Waals surface area contributed by atoms with Crippen LogP contribution in [0, 0.1) is 10.1 Å². The van der Waals surface area contributed by atoms with Crippen LogP contribution >= 0.6 is 11.6 Å². The third-order valence-electron chi connectivity index (χ3n) is 5.03. The molecule has 0 radical (unpaired) electrons. The summed E-state index contributed by atoms with van der Waals surface area (Å²) >= 11 is 5.92. The average molecular weight is 404 g/mol. The van der Waals surface area contributed by atoms with E-state index in [2.05, 4.69) is 4.99 Å². The van der Waals surface area contributed by atoms with Gasteiger partial charge in [-0.25, -0.2) is 0 Å². The van der Waals surface area contributed by atoms with Crippen LogP contribution in [0.2, 0.25) is 5.02 Å². The second-order valence-electron chi connectivity index (χ2n) is 6.75. The molecule has 8 heteroatoms. The molecule has 2 aromatic rings. The van der Waals surface area contributed by atoms with Crippen molar-refractivity contribution in [1.29, 1.82) is 0 Å². The molecule has 28 heavy (non-hydrogen) atoms. The number of halogens is 1. The van der Waals surface area contributed by atoms with Crippen LogP contribution in [0.3, 0.4) is 0 Å². The molecule has 1 fully saturated rings. The minimum absolute atomic E-state index is 0.0826. The average Bonchev–Trinajstić information content (AvgIpc) is 3.21. The maximum Gasteiger partial charge on any atom is 0.263 e. The van der Waals surface area contributed by atoms with Crippen molar-refractivity contribution in [2.24, 2.45) is 4.99 Å². The lowest BCUT2D eigenvalue weighted by Crippen LogP contribution is -3.10. The first kappa shape index (κ1) is 20.1. The van der Waals surface area contributed by atoms with Crippen LogP contribution in [-0.2, 0) is 0 Å². The number of hydrogen-bond donors (Lipinski definition) is 1. The maximum atomic E-state index is 12.2. The van der Waals surface area contributed by atoms with Gasteiger partial charge < -0.3 is 14.7 Å². The second-order valence-corrected chi connectivity index (χ2v) is 7.19. The zero-order valence-corrected chi connectivity index (χ0v) is 16.3. The van der Waals surface area contributed by atoms with Gasteiger partial charge in [-0.2, -0.15) is 0 Å². The van der Waals surface area contributed by atoms with Crippen molar-refractivity contribution in [3.63, 3.8) is 0 Å². The minimum atomic E-state index is -0.725. The molecule has 3 rings (SSSR count). The topological polar surface area (TPSA) is 92.2 Å². The van der Waals surface area contributed by atoms with Gasteiger partial charge >= 0.3 is 0 Å². The highest BCUT2D eigenvalue weighted by atomic mass is 35.5. The standard InChI is InChI=1S/C20H22ClN3O4/c1-28-19-7-3-2-6-16(19)18(23-8-4-5-9-23)13-22-12-14-10-15(21)11-17(20(14)25)24(26)27/h2-3,6-7,10-12,18,25H,4-5,8-9,13H2,1H3/t18-/m1/s1. The predicted octanol–water partition coefficient (Wildman–Crippen LogP) is 2.17. The molecule has 148 valence electrons. The molecule has 1 aliphatic heterocycles. The first-order valence-electron chi connectivity index (χ1n) is 9.13. The molecule has 0 bridgehead atoms. The van der Waals surface area contributed by atoms with E-state index in [0.29, 0.717) is 6.54 Å². The Kier molecular flexibility index (Phi) is 6.49. The molecule has 1 N–H and O–H groups in total. The lowest BCUT2D eigenvalue weighted by Gasteiger charge is -2.25. The Morgan fingerprint density at radius 3 is 2.71 bits per heavy atom. The third kappa shape index (κ3) is 4.43. The molecule has 0 spiro atoms. The minimum Gasteiger partial charge on any atom is -0.867 e. The number of nitrogens with zero attached hydrogens (tertiary/aromatic N) is 2. The normalized spacial score (nSPS) is 15.8. The summed E-state index contributed by atoms with van der Waals surface area (Å²) in [7, 11) is 1.65. The number of rotatable bonds is 7. The Balaban J connectivity index is 1.87. The monoisotopic (exact) mass is 403 g/mol. The summed E-state index contributed by atoms with van der Waals surface area (Å²) in [6.45, 7) is 2.54. The zero-order valence-electron chi connectivity index (χ0n) is 15.6. The molecule has 1 saturated heterocycles.